The van der Waals surface area contributed by atoms with E-state index in [-0.39, 0.29) is 23.9 Å². The number of hydrogen-bond donors (Lipinski definition) is 1. The Balaban J connectivity index is 2.79. The molecule has 1 aromatic rings. The van der Waals surface area contributed by atoms with E-state index in [1.54, 1.807) is 4.90 Å². The van der Waals surface area contributed by atoms with Crippen molar-refractivity contribution in [1.29, 1.82) is 0 Å². The first-order valence-electron chi connectivity index (χ1n) is 7.37. The summed E-state index contributed by atoms with van der Waals surface area (Å²) in [7, 11) is 0. The van der Waals surface area contributed by atoms with Crippen molar-refractivity contribution in [2.24, 2.45) is 0 Å². The molecule has 0 saturated heterocycles. The molecule has 0 atom stereocenters. The molecule has 0 aliphatic carbocycles. The summed E-state index contributed by atoms with van der Waals surface area (Å²) >= 11 is 1.53. The smallest absolute Gasteiger partial charge is 0.264 e. The van der Waals surface area contributed by atoms with Gasteiger partial charge in [0.1, 0.15) is 0 Å². The molecule has 21 heavy (non-hydrogen) atoms. The summed E-state index contributed by atoms with van der Waals surface area (Å²) in [6.07, 6.45) is 0.931. The van der Waals surface area contributed by atoms with Crippen LogP contribution in [-0.4, -0.2) is 35.3 Å². The fraction of sp³-hybridized carbons (Fsp3) is 0.625. The average molecular weight is 310 g/mol. The van der Waals surface area contributed by atoms with Gasteiger partial charge in [-0.15, -0.1) is 11.3 Å². The summed E-state index contributed by atoms with van der Waals surface area (Å²) in [6, 6.07) is 1.93. The van der Waals surface area contributed by atoms with E-state index >= 15 is 0 Å². The molecule has 0 bridgehead atoms. The molecule has 0 aliphatic heterocycles. The van der Waals surface area contributed by atoms with Crippen LogP contribution < -0.4 is 5.32 Å². The third-order valence-corrected chi connectivity index (χ3v) is 4.44. The zero-order valence-electron chi connectivity index (χ0n) is 13.9. The highest BCUT2D eigenvalue weighted by Gasteiger charge is 2.22. The zero-order valence-corrected chi connectivity index (χ0v) is 14.7. The Labute approximate surface area is 131 Å². The largest absolute Gasteiger partial charge is 0.350 e. The van der Waals surface area contributed by atoms with Crippen LogP contribution in [0, 0.1) is 6.92 Å². The minimum atomic E-state index is -0.283. The minimum absolute atomic E-state index is 0.0608. The van der Waals surface area contributed by atoms with Gasteiger partial charge in [-0.25, -0.2) is 0 Å². The van der Waals surface area contributed by atoms with Crippen molar-refractivity contribution in [3.05, 3.63) is 21.4 Å². The maximum Gasteiger partial charge on any atom is 0.264 e. The highest BCUT2D eigenvalue weighted by Crippen LogP contribution is 2.23. The minimum Gasteiger partial charge on any atom is -0.350 e. The number of likely N-dealkylation sites (N-methyl/N-ethyl adjacent to an activating group) is 1. The predicted octanol–water partition coefficient (Wildman–Crippen LogP) is 3.00. The van der Waals surface area contributed by atoms with Gasteiger partial charge in [0, 0.05) is 17.0 Å². The Hall–Kier alpha value is -1.36. The maximum absolute atomic E-state index is 12.5. The molecule has 0 unspecified atom stereocenters. The second-order valence-electron chi connectivity index (χ2n) is 6.19. The summed E-state index contributed by atoms with van der Waals surface area (Å²) in [5, 5.41) is 2.89. The predicted molar refractivity (Wildman–Crippen MR) is 87.9 cm³/mol. The lowest BCUT2D eigenvalue weighted by molar-refractivity contribution is -0.123. The molecule has 1 aromatic heterocycles. The van der Waals surface area contributed by atoms with Crippen LogP contribution in [0.5, 0.6) is 0 Å². The van der Waals surface area contributed by atoms with Crippen LogP contribution in [0.2, 0.25) is 0 Å². The highest BCUT2D eigenvalue weighted by atomic mass is 32.1. The summed E-state index contributed by atoms with van der Waals surface area (Å²) < 4.78 is 0. The van der Waals surface area contributed by atoms with Crippen LogP contribution in [0.4, 0.5) is 0 Å². The van der Waals surface area contributed by atoms with Gasteiger partial charge in [-0.05, 0) is 52.7 Å². The number of amides is 2. The molecule has 0 aromatic carbocycles. The Morgan fingerprint density at radius 2 is 1.90 bits per heavy atom. The third-order valence-electron chi connectivity index (χ3n) is 3.07. The molecule has 118 valence electrons. The van der Waals surface area contributed by atoms with Gasteiger partial charge in [0.05, 0.1) is 11.4 Å². The van der Waals surface area contributed by atoms with E-state index in [4.69, 9.17) is 0 Å². The molecule has 0 spiro atoms. The standard InChI is InChI=1S/C16H26N2O2S/c1-7-12-11(3)9-13(21-12)15(20)18(8-2)10-14(19)17-16(4,5)6/h9H,7-8,10H2,1-6H3,(H,17,19). The van der Waals surface area contributed by atoms with Crippen LogP contribution in [0.1, 0.15) is 54.7 Å². The molecule has 1 rings (SSSR count). The van der Waals surface area contributed by atoms with Crippen molar-refractivity contribution >= 4 is 23.2 Å². The number of nitrogens with zero attached hydrogens (tertiary/aromatic N) is 1. The van der Waals surface area contributed by atoms with Crippen LogP contribution >= 0.6 is 11.3 Å². The van der Waals surface area contributed by atoms with Crippen molar-refractivity contribution in [2.45, 2.75) is 53.5 Å². The SMILES string of the molecule is CCc1sc(C(=O)N(CC)CC(=O)NC(C)(C)C)cc1C. The number of hydrogen-bond acceptors (Lipinski definition) is 3. The van der Waals surface area contributed by atoms with E-state index in [1.807, 2.05) is 40.7 Å². The topological polar surface area (TPSA) is 49.4 Å². The van der Waals surface area contributed by atoms with Gasteiger partial charge in [-0.2, -0.15) is 0 Å². The van der Waals surface area contributed by atoms with Gasteiger partial charge in [-0.1, -0.05) is 6.92 Å². The van der Waals surface area contributed by atoms with Gasteiger partial charge in [0.2, 0.25) is 5.91 Å². The van der Waals surface area contributed by atoms with E-state index in [0.717, 1.165) is 16.9 Å². The van der Waals surface area contributed by atoms with E-state index in [2.05, 4.69) is 12.2 Å². The first-order chi connectivity index (χ1) is 9.67. The summed E-state index contributed by atoms with van der Waals surface area (Å²) in [5.41, 5.74) is 0.870. The number of rotatable bonds is 5. The molecule has 0 radical (unpaired) electrons. The first kappa shape index (κ1) is 17.7. The Morgan fingerprint density at radius 1 is 1.29 bits per heavy atom. The molecule has 4 nitrogen and oxygen atoms in total. The lowest BCUT2D eigenvalue weighted by Gasteiger charge is -2.24. The van der Waals surface area contributed by atoms with Crippen molar-refractivity contribution in [3.63, 3.8) is 0 Å². The van der Waals surface area contributed by atoms with Crippen molar-refractivity contribution < 1.29 is 9.59 Å². The molecule has 0 fully saturated rings. The number of nitrogens with one attached hydrogen (secondary N) is 1. The van der Waals surface area contributed by atoms with Crippen LogP contribution in [0.3, 0.4) is 0 Å². The van der Waals surface area contributed by atoms with Crippen molar-refractivity contribution in [2.75, 3.05) is 13.1 Å². The molecule has 2 amide bonds. The van der Waals surface area contributed by atoms with Crippen LogP contribution in [0.25, 0.3) is 0 Å². The fourth-order valence-corrected chi connectivity index (χ4v) is 3.17. The third kappa shape index (κ3) is 5.16. The van der Waals surface area contributed by atoms with Crippen molar-refractivity contribution in [1.82, 2.24) is 10.2 Å². The maximum atomic E-state index is 12.5. The molecular formula is C16H26N2O2S. The van der Waals surface area contributed by atoms with E-state index in [1.165, 1.54) is 16.2 Å². The zero-order chi connectivity index (χ0) is 16.2. The van der Waals surface area contributed by atoms with Gasteiger partial charge in [-0.3, -0.25) is 9.59 Å². The Morgan fingerprint density at radius 3 is 2.33 bits per heavy atom. The lowest BCUT2D eigenvalue weighted by atomic mass is 10.1. The van der Waals surface area contributed by atoms with E-state index in [0.29, 0.717) is 6.54 Å². The first-order valence-corrected chi connectivity index (χ1v) is 8.19. The summed E-state index contributed by atoms with van der Waals surface area (Å²) in [4.78, 5) is 28.0. The van der Waals surface area contributed by atoms with Gasteiger partial charge < -0.3 is 10.2 Å². The molecule has 1 N–H and O–H groups in total. The lowest BCUT2D eigenvalue weighted by Crippen LogP contribution is -2.47. The number of aryl methyl sites for hydroxylation is 2. The Bertz CT molecular complexity index is 515. The summed E-state index contributed by atoms with van der Waals surface area (Å²) in [6.45, 7) is 12.4. The average Bonchev–Trinajstić information content (AvgIpc) is 2.74. The second-order valence-corrected chi connectivity index (χ2v) is 7.32. The van der Waals surface area contributed by atoms with Crippen molar-refractivity contribution in [3.8, 4) is 0 Å². The van der Waals surface area contributed by atoms with Crippen LogP contribution in [-0.2, 0) is 11.2 Å². The van der Waals surface area contributed by atoms with Crippen LogP contribution in [0.15, 0.2) is 6.07 Å². The molecule has 0 aliphatic rings. The van der Waals surface area contributed by atoms with E-state index in [9.17, 15) is 9.59 Å². The normalized spacial score (nSPS) is 11.3. The van der Waals surface area contributed by atoms with Gasteiger partial charge in [0.15, 0.2) is 0 Å². The molecule has 1 heterocycles. The number of thiophene rings is 1. The highest BCUT2D eigenvalue weighted by molar-refractivity contribution is 7.14. The monoisotopic (exact) mass is 310 g/mol. The fourth-order valence-electron chi connectivity index (χ4n) is 2.09. The number of carbonyl (C=O) groups is 2. The van der Waals surface area contributed by atoms with Gasteiger partial charge >= 0.3 is 0 Å². The summed E-state index contributed by atoms with van der Waals surface area (Å²) in [5.74, 6) is -0.184. The second kappa shape index (κ2) is 7.07. The Kier molecular flexibility index (Phi) is 5.96. The molecule has 0 saturated carbocycles. The molecule has 5 heteroatoms. The van der Waals surface area contributed by atoms with E-state index < -0.39 is 0 Å². The quantitative estimate of drug-likeness (QED) is 0.909. The number of carbonyl (C=O) groups excluding carboxylic acids is 2. The van der Waals surface area contributed by atoms with Gasteiger partial charge in [0.25, 0.3) is 5.91 Å². The molecular weight excluding hydrogens is 284 g/mol.